The number of unbranched alkanes of at least 4 members (excludes halogenated alkanes) is 18. The second kappa shape index (κ2) is 37.3. The maximum absolute atomic E-state index is 12.9. The molecule has 2 saturated heterocycles. The second-order valence-corrected chi connectivity index (χ2v) is 17.3. The molecule has 0 saturated carbocycles. The van der Waals surface area contributed by atoms with Crippen LogP contribution in [0.3, 0.4) is 0 Å². The van der Waals surface area contributed by atoms with Gasteiger partial charge in [0, 0.05) is 13.0 Å². The third kappa shape index (κ3) is 25.6. The monoisotopic (exact) mass is 901 g/mol. The molecule has 0 aliphatic carbocycles. The Balaban J connectivity index is 1.69. The normalized spacial score (nSPS) is 27.3. The van der Waals surface area contributed by atoms with E-state index in [2.05, 4.69) is 50.3 Å². The van der Waals surface area contributed by atoms with E-state index in [9.17, 15) is 40.5 Å². The molecule has 2 heterocycles. The van der Waals surface area contributed by atoms with Crippen LogP contribution in [0.15, 0.2) is 36.5 Å². The number of ether oxygens (including phenoxy) is 6. The zero-order valence-electron chi connectivity index (χ0n) is 38.8. The van der Waals surface area contributed by atoms with E-state index in [0.29, 0.717) is 13.0 Å². The molecule has 0 radical (unpaired) electrons. The van der Waals surface area contributed by atoms with E-state index in [1.165, 1.54) is 83.5 Å². The fourth-order valence-corrected chi connectivity index (χ4v) is 7.58. The van der Waals surface area contributed by atoms with Crippen molar-refractivity contribution in [2.45, 2.75) is 235 Å². The number of carbonyl (C=O) groups excluding carboxylic acids is 1. The average molecular weight is 901 g/mol. The molecular formula is C49H88O14. The SMILES string of the molecule is CCCCCCC/C=C\C/C=C\C/C=C\CCCCCCCCCCC(=O)OC(COCCCCCCCC)COC1OC(COC2OC(CO)C(O)C(O)C2O)C(O)C(O)C1O. The minimum Gasteiger partial charge on any atom is -0.457 e. The van der Waals surface area contributed by atoms with Gasteiger partial charge in [0.05, 0.1) is 26.4 Å². The van der Waals surface area contributed by atoms with Crippen molar-refractivity contribution in [2.24, 2.45) is 0 Å². The van der Waals surface area contributed by atoms with Crippen LogP contribution in [0.1, 0.15) is 168 Å². The molecule has 14 heteroatoms. The van der Waals surface area contributed by atoms with E-state index in [-0.39, 0.29) is 25.6 Å². The highest BCUT2D eigenvalue weighted by molar-refractivity contribution is 5.69. The third-order valence-electron chi connectivity index (χ3n) is 11.7. The zero-order valence-corrected chi connectivity index (χ0v) is 38.8. The first-order chi connectivity index (χ1) is 30.6. The highest BCUT2D eigenvalue weighted by Crippen LogP contribution is 2.26. The summed E-state index contributed by atoms with van der Waals surface area (Å²) >= 11 is 0. The van der Waals surface area contributed by atoms with Gasteiger partial charge in [-0.1, -0.05) is 147 Å². The van der Waals surface area contributed by atoms with Gasteiger partial charge in [0.25, 0.3) is 0 Å². The van der Waals surface area contributed by atoms with Crippen molar-refractivity contribution >= 4 is 5.97 Å². The summed E-state index contributed by atoms with van der Waals surface area (Å²) < 4.78 is 34.0. The van der Waals surface area contributed by atoms with Gasteiger partial charge in [-0.3, -0.25) is 4.79 Å². The van der Waals surface area contributed by atoms with Crippen molar-refractivity contribution in [3.8, 4) is 0 Å². The van der Waals surface area contributed by atoms with E-state index in [1.807, 2.05) is 0 Å². The lowest BCUT2D eigenvalue weighted by atomic mass is 9.98. The van der Waals surface area contributed by atoms with Crippen LogP contribution in [0.5, 0.6) is 0 Å². The molecule has 0 bridgehead atoms. The number of allylic oxidation sites excluding steroid dienone is 6. The number of aliphatic hydroxyl groups excluding tert-OH is 7. The molecule has 14 nitrogen and oxygen atoms in total. The Labute approximate surface area is 379 Å². The van der Waals surface area contributed by atoms with Gasteiger partial charge in [-0.2, -0.15) is 0 Å². The molecular weight excluding hydrogens is 813 g/mol. The molecule has 0 amide bonds. The van der Waals surface area contributed by atoms with E-state index in [4.69, 9.17) is 28.4 Å². The Morgan fingerprint density at radius 1 is 0.524 bits per heavy atom. The van der Waals surface area contributed by atoms with E-state index in [0.717, 1.165) is 57.8 Å². The zero-order chi connectivity index (χ0) is 45.9. The molecule has 0 aromatic rings. The standard InChI is InChI=1S/C49H88O14/c1-3-5-7-9-11-12-13-14-15-16-17-18-19-20-21-22-23-24-25-26-27-28-30-32-41(51)61-38(35-58-33-31-29-10-8-6-4-2)36-59-48-47(57)45(55)43(53)40(63-48)37-60-49-46(56)44(54)42(52)39(34-50)62-49/h13-14,16-17,19-20,38-40,42-50,52-57H,3-12,15,18,21-37H2,1-2H3/b14-13-,17-16-,20-19-. The molecule has 2 aliphatic heterocycles. The van der Waals surface area contributed by atoms with E-state index in [1.54, 1.807) is 0 Å². The maximum Gasteiger partial charge on any atom is 0.306 e. The van der Waals surface area contributed by atoms with Gasteiger partial charge in [-0.05, 0) is 51.4 Å². The summed E-state index contributed by atoms with van der Waals surface area (Å²) in [5, 5.41) is 71.8. The first kappa shape index (κ1) is 57.3. The van der Waals surface area contributed by atoms with Gasteiger partial charge in [0.1, 0.15) is 54.9 Å². The highest BCUT2D eigenvalue weighted by Gasteiger charge is 2.47. The number of aliphatic hydroxyl groups is 7. The second-order valence-electron chi connectivity index (χ2n) is 17.3. The Morgan fingerprint density at radius 3 is 1.54 bits per heavy atom. The molecule has 2 aliphatic rings. The van der Waals surface area contributed by atoms with Crippen LogP contribution in [0, 0.1) is 0 Å². The molecule has 7 N–H and O–H groups in total. The predicted molar refractivity (Wildman–Crippen MR) is 243 cm³/mol. The quantitative estimate of drug-likeness (QED) is 0.0197. The molecule has 2 fully saturated rings. The van der Waals surface area contributed by atoms with Gasteiger partial charge < -0.3 is 64.2 Å². The van der Waals surface area contributed by atoms with Gasteiger partial charge in [0.15, 0.2) is 12.6 Å². The van der Waals surface area contributed by atoms with Crippen molar-refractivity contribution in [3.05, 3.63) is 36.5 Å². The molecule has 11 atom stereocenters. The lowest BCUT2D eigenvalue weighted by Gasteiger charge is -2.42. The molecule has 63 heavy (non-hydrogen) atoms. The summed E-state index contributed by atoms with van der Waals surface area (Å²) in [6.45, 7) is 3.60. The molecule has 0 aromatic carbocycles. The molecule has 368 valence electrons. The van der Waals surface area contributed by atoms with Crippen LogP contribution < -0.4 is 0 Å². The lowest BCUT2D eigenvalue weighted by Crippen LogP contribution is -2.61. The number of hydrogen-bond acceptors (Lipinski definition) is 14. The Hall–Kier alpha value is -1.79. The molecule has 2 rings (SSSR count). The van der Waals surface area contributed by atoms with Crippen molar-refractivity contribution in [1.29, 1.82) is 0 Å². The average Bonchev–Trinajstić information content (AvgIpc) is 3.28. The first-order valence-electron chi connectivity index (χ1n) is 24.6. The Morgan fingerprint density at radius 2 is 0.984 bits per heavy atom. The van der Waals surface area contributed by atoms with Crippen LogP contribution in [0.4, 0.5) is 0 Å². The van der Waals surface area contributed by atoms with Gasteiger partial charge >= 0.3 is 5.97 Å². The minimum absolute atomic E-state index is 0.0579. The maximum atomic E-state index is 12.9. The van der Waals surface area contributed by atoms with Crippen LogP contribution in [0.25, 0.3) is 0 Å². The minimum atomic E-state index is -1.70. The van der Waals surface area contributed by atoms with Crippen LogP contribution >= 0.6 is 0 Å². The molecule has 11 unspecified atom stereocenters. The number of hydrogen-bond donors (Lipinski definition) is 7. The topological polar surface area (TPSA) is 214 Å². The summed E-state index contributed by atoms with van der Waals surface area (Å²) in [6.07, 6.45) is 23.9. The predicted octanol–water partition coefficient (Wildman–Crippen LogP) is 6.63. The Kier molecular flexibility index (Phi) is 34.0. The largest absolute Gasteiger partial charge is 0.457 e. The Bertz CT molecular complexity index is 1180. The molecule has 0 aromatic heterocycles. The van der Waals surface area contributed by atoms with E-state index < -0.39 is 80.7 Å². The van der Waals surface area contributed by atoms with Crippen molar-refractivity contribution in [3.63, 3.8) is 0 Å². The summed E-state index contributed by atoms with van der Waals surface area (Å²) in [5.74, 6) is -0.387. The van der Waals surface area contributed by atoms with E-state index >= 15 is 0 Å². The van der Waals surface area contributed by atoms with Crippen molar-refractivity contribution in [2.75, 3.05) is 33.0 Å². The summed E-state index contributed by atoms with van der Waals surface area (Å²) in [4.78, 5) is 12.9. The summed E-state index contributed by atoms with van der Waals surface area (Å²) in [5.41, 5.74) is 0. The van der Waals surface area contributed by atoms with Crippen molar-refractivity contribution in [1.82, 2.24) is 0 Å². The number of rotatable bonds is 38. The van der Waals surface area contributed by atoms with Gasteiger partial charge in [-0.15, -0.1) is 0 Å². The van der Waals surface area contributed by atoms with Gasteiger partial charge in [0.2, 0.25) is 0 Å². The lowest BCUT2D eigenvalue weighted by molar-refractivity contribution is -0.332. The smallest absolute Gasteiger partial charge is 0.306 e. The fourth-order valence-electron chi connectivity index (χ4n) is 7.58. The van der Waals surface area contributed by atoms with Crippen LogP contribution in [0.2, 0.25) is 0 Å². The summed E-state index contributed by atoms with van der Waals surface area (Å²) in [6, 6.07) is 0. The van der Waals surface area contributed by atoms with Crippen LogP contribution in [-0.2, 0) is 33.2 Å². The summed E-state index contributed by atoms with van der Waals surface area (Å²) in [7, 11) is 0. The number of carbonyl (C=O) groups is 1. The first-order valence-corrected chi connectivity index (χ1v) is 24.6. The highest BCUT2D eigenvalue weighted by atomic mass is 16.7. The fraction of sp³-hybridized carbons (Fsp3) is 0.857. The third-order valence-corrected chi connectivity index (χ3v) is 11.7. The van der Waals surface area contributed by atoms with Crippen LogP contribution in [-0.4, -0.2) is 142 Å². The molecule has 0 spiro atoms. The number of esters is 1. The van der Waals surface area contributed by atoms with Gasteiger partial charge in [-0.25, -0.2) is 0 Å². The van der Waals surface area contributed by atoms with Crippen molar-refractivity contribution < 1.29 is 69.0 Å².